The number of nitrogens with one attached hydrogen (secondary N) is 1. The molecule has 6 nitrogen and oxygen atoms in total. The summed E-state index contributed by atoms with van der Waals surface area (Å²) in [4.78, 5) is 22.1. The van der Waals surface area contributed by atoms with Crippen molar-refractivity contribution in [2.24, 2.45) is 5.41 Å². The maximum absolute atomic E-state index is 11.6. The topological polar surface area (TPSA) is 92.5 Å². The molecule has 0 aliphatic carbocycles. The summed E-state index contributed by atoms with van der Waals surface area (Å²) in [7, 11) is 0. The molecular weight excluding hydrogens is 284 g/mol. The fourth-order valence-corrected chi connectivity index (χ4v) is 2.81. The number of rotatable bonds is 4. The SMILES string of the molecule is O=C(O)C1(Cc2cc(Cl)ccc2[N+](=O)[O-])CCCNC1. The van der Waals surface area contributed by atoms with Crippen molar-refractivity contribution < 1.29 is 14.8 Å². The number of nitro benzene ring substituents is 1. The van der Waals surface area contributed by atoms with Gasteiger partial charge >= 0.3 is 5.97 Å². The quantitative estimate of drug-likeness (QED) is 0.657. The van der Waals surface area contributed by atoms with E-state index >= 15 is 0 Å². The van der Waals surface area contributed by atoms with E-state index in [1.165, 1.54) is 18.2 Å². The third-order valence-corrected chi connectivity index (χ3v) is 3.93. The van der Waals surface area contributed by atoms with Crippen LogP contribution in [-0.2, 0) is 11.2 Å². The van der Waals surface area contributed by atoms with Crippen LogP contribution in [0.25, 0.3) is 0 Å². The molecule has 108 valence electrons. The molecule has 2 N–H and O–H groups in total. The van der Waals surface area contributed by atoms with E-state index in [0.717, 1.165) is 13.0 Å². The van der Waals surface area contributed by atoms with Gasteiger partial charge in [-0.05, 0) is 37.9 Å². The Kier molecular flexibility index (Phi) is 4.25. The van der Waals surface area contributed by atoms with Crippen LogP contribution in [0.2, 0.25) is 5.02 Å². The van der Waals surface area contributed by atoms with Crippen LogP contribution in [-0.4, -0.2) is 29.1 Å². The number of carbonyl (C=O) groups is 1. The van der Waals surface area contributed by atoms with Gasteiger partial charge in [0.25, 0.3) is 5.69 Å². The van der Waals surface area contributed by atoms with Crippen molar-refractivity contribution in [3.63, 3.8) is 0 Å². The number of hydrogen-bond acceptors (Lipinski definition) is 4. The number of carboxylic acid groups (broad SMARTS) is 1. The van der Waals surface area contributed by atoms with Gasteiger partial charge in [-0.2, -0.15) is 0 Å². The lowest BCUT2D eigenvalue weighted by Gasteiger charge is -2.33. The molecule has 0 bridgehead atoms. The lowest BCUT2D eigenvalue weighted by molar-refractivity contribution is -0.385. The normalized spacial score (nSPS) is 22.4. The smallest absolute Gasteiger partial charge is 0.311 e. The van der Waals surface area contributed by atoms with E-state index in [0.29, 0.717) is 23.6 Å². The maximum Gasteiger partial charge on any atom is 0.311 e. The first kappa shape index (κ1) is 14.7. The Hall–Kier alpha value is -1.66. The van der Waals surface area contributed by atoms with Crippen LogP contribution in [0, 0.1) is 15.5 Å². The van der Waals surface area contributed by atoms with Crippen molar-refractivity contribution in [1.29, 1.82) is 0 Å². The van der Waals surface area contributed by atoms with Crippen molar-refractivity contribution in [2.75, 3.05) is 13.1 Å². The summed E-state index contributed by atoms with van der Waals surface area (Å²) >= 11 is 5.88. The Morgan fingerprint density at radius 1 is 1.55 bits per heavy atom. The Morgan fingerprint density at radius 3 is 2.85 bits per heavy atom. The van der Waals surface area contributed by atoms with E-state index in [2.05, 4.69) is 5.32 Å². The molecule has 0 radical (unpaired) electrons. The third-order valence-electron chi connectivity index (χ3n) is 3.69. The highest BCUT2D eigenvalue weighted by Gasteiger charge is 2.41. The van der Waals surface area contributed by atoms with Gasteiger partial charge in [-0.3, -0.25) is 14.9 Å². The standard InChI is InChI=1S/C13H15ClN2O4/c14-10-2-3-11(16(19)20)9(6-10)7-13(12(17)18)4-1-5-15-8-13/h2-3,6,15H,1,4-5,7-8H2,(H,17,18). The predicted octanol–water partition coefficient (Wildman–Crippen LogP) is 2.25. The molecular formula is C13H15ClN2O4. The number of piperidine rings is 1. The molecule has 1 aliphatic heterocycles. The van der Waals surface area contributed by atoms with Gasteiger partial charge in [0, 0.05) is 23.2 Å². The minimum Gasteiger partial charge on any atom is -0.481 e. The Balaban J connectivity index is 2.38. The number of benzene rings is 1. The zero-order chi connectivity index (χ0) is 14.8. The highest BCUT2D eigenvalue weighted by Crippen LogP contribution is 2.35. The minimum atomic E-state index is -1.01. The van der Waals surface area contributed by atoms with E-state index in [-0.39, 0.29) is 12.1 Å². The Labute approximate surface area is 120 Å². The second kappa shape index (κ2) is 5.76. The second-order valence-corrected chi connectivity index (χ2v) is 5.51. The molecule has 1 saturated heterocycles. The summed E-state index contributed by atoms with van der Waals surface area (Å²) < 4.78 is 0. The van der Waals surface area contributed by atoms with Gasteiger partial charge in [0.15, 0.2) is 0 Å². The first-order valence-electron chi connectivity index (χ1n) is 6.31. The van der Waals surface area contributed by atoms with Crippen LogP contribution in [0.4, 0.5) is 5.69 Å². The molecule has 7 heteroatoms. The highest BCUT2D eigenvalue weighted by molar-refractivity contribution is 6.30. The van der Waals surface area contributed by atoms with Crippen molar-refractivity contribution in [2.45, 2.75) is 19.3 Å². The van der Waals surface area contributed by atoms with Gasteiger partial charge in [0.2, 0.25) is 0 Å². The number of nitrogens with zero attached hydrogens (tertiary/aromatic N) is 1. The summed E-state index contributed by atoms with van der Waals surface area (Å²) in [5.74, 6) is -0.932. The summed E-state index contributed by atoms with van der Waals surface area (Å²) in [5.41, 5.74) is -0.720. The lowest BCUT2D eigenvalue weighted by Crippen LogP contribution is -2.47. The minimum absolute atomic E-state index is 0.0828. The van der Waals surface area contributed by atoms with Gasteiger partial charge in [-0.15, -0.1) is 0 Å². The average molecular weight is 299 g/mol. The summed E-state index contributed by atoms with van der Waals surface area (Å²) in [5, 5.41) is 24.0. The third kappa shape index (κ3) is 2.91. The van der Waals surface area contributed by atoms with Gasteiger partial charge in [-0.1, -0.05) is 11.6 Å². The van der Waals surface area contributed by atoms with Crippen LogP contribution < -0.4 is 5.32 Å². The molecule has 0 spiro atoms. The molecule has 1 fully saturated rings. The largest absolute Gasteiger partial charge is 0.481 e. The molecule has 20 heavy (non-hydrogen) atoms. The van der Waals surface area contributed by atoms with Crippen LogP contribution in [0.1, 0.15) is 18.4 Å². The van der Waals surface area contributed by atoms with Crippen LogP contribution in [0.3, 0.4) is 0 Å². The molecule has 2 rings (SSSR count). The molecule has 1 heterocycles. The van der Waals surface area contributed by atoms with Crippen molar-refractivity contribution in [3.05, 3.63) is 38.9 Å². The number of carboxylic acids is 1. The van der Waals surface area contributed by atoms with E-state index in [9.17, 15) is 20.0 Å². The zero-order valence-corrected chi connectivity index (χ0v) is 11.5. The maximum atomic E-state index is 11.6. The zero-order valence-electron chi connectivity index (χ0n) is 10.8. The molecule has 1 unspecified atom stereocenters. The number of aliphatic carboxylic acids is 1. The van der Waals surface area contributed by atoms with E-state index in [1.807, 2.05) is 0 Å². The molecule has 0 aromatic heterocycles. The highest BCUT2D eigenvalue weighted by atomic mass is 35.5. The van der Waals surface area contributed by atoms with Gasteiger partial charge < -0.3 is 10.4 Å². The van der Waals surface area contributed by atoms with E-state index < -0.39 is 16.3 Å². The van der Waals surface area contributed by atoms with Gasteiger partial charge in [0.1, 0.15) is 0 Å². The van der Waals surface area contributed by atoms with Gasteiger partial charge in [-0.25, -0.2) is 0 Å². The van der Waals surface area contributed by atoms with Crippen LogP contribution in [0.15, 0.2) is 18.2 Å². The first-order valence-corrected chi connectivity index (χ1v) is 6.69. The molecule has 1 aromatic carbocycles. The number of hydrogen-bond donors (Lipinski definition) is 2. The lowest BCUT2D eigenvalue weighted by atomic mass is 9.75. The number of halogens is 1. The predicted molar refractivity (Wildman–Crippen MR) is 74.0 cm³/mol. The Morgan fingerprint density at radius 2 is 2.30 bits per heavy atom. The monoisotopic (exact) mass is 298 g/mol. The summed E-state index contributed by atoms with van der Waals surface area (Å²) in [6.45, 7) is 1.08. The van der Waals surface area contributed by atoms with Crippen LogP contribution in [0.5, 0.6) is 0 Å². The van der Waals surface area contributed by atoms with E-state index in [4.69, 9.17) is 11.6 Å². The van der Waals surface area contributed by atoms with E-state index in [1.54, 1.807) is 0 Å². The molecule has 1 atom stereocenters. The molecule has 0 saturated carbocycles. The first-order chi connectivity index (χ1) is 9.44. The summed E-state index contributed by atoms with van der Waals surface area (Å²) in [6.07, 6.45) is 1.34. The number of nitro groups is 1. The van der Waals surface area contributed by atoms with Crippen LogP contribution >= 0.6 is 11.6 Å². The molecule has 0 amide bonds. The average Bonchev–Trinajstić information content (AvgIpc) is 2.39. The fraction of sp³-hybridized carbons (Fsp3) is 0.462. The summed E-state index contributed by atoms with van der Waals surface area (Å²) in [6, 6.07) is 4.25. The van der Waals surface area contributed by atoms with Crippen molar-refractivity contribution in [1.82, 2.24) is 5.32 Å². The van der Waals surface area contributed by atoms with Crippen molar-refractivity contribution in [3.8, 4) is 0 Å². The fourth-order valence-electron chi connectivity index (χ4n) is 2.62. The van der Waals surface area contributed by atoms with Crippen molar-refractivity contribution >= 4 is 23.3 Å². The molecule has 1 aromatic rings. The molecule has 1 aliphatic rings. The van der Waals surface area contributed by atoms with Gasteiger partial charge in [0.05, 0.1) is 10.3 Å². The second-order valence-electron chi connectivity index (χ2n) is 5.07. The Bertz CT molecular complexity index is 541.